The summed E-state index contributed by atoms with van der Waals surface area (Å²) in [5.74, 6) is 0.564. The molecular weight excluding hydrogens is 542 g/mol. The molecule has 6 rings (SSSR count). The third kappa shape index (κ3) is 5.83. The fraction of sp³-hybridized carbons (Fsp3) is 0.161. The van der Waals surface area contributed by atoms with Gasteiger partial charge >= 0.3 is 0 Å². The highest BCUT2D eigenvalue weighted by molar-refractivity contribution is 7.98. The van der Waals surface area contributed by atoms with Crippen LogP contribution in [0, 0.1) is 11.6 Å². The molecule has 7 nitrogen and oxygen atoms in total. The molecule has 41 heavy (non-hydrogen) atoms. The molecule has 0 N–H and O–H groups in total. The van der Waals surface area contributed by atoms with Crippen LogP contribution in [0.3, 0.4) is 0 Å². The minimum Gasteiger partial charge on any atom is -0.366 e. The molecule has 3 aromatic carbocycles. The first-order valence-electron chi connectivity index (χ1n) is 13.2. The Morgan fingerprint density at radius 2 is 1.59 bits per heavy atom. The maximum Gasteiger partial charge on any atom is 0.253 e. The van der Waals surface area contributed by atoms with E-state index in [1.165, 1.54) is 30.0 Å². The zero-order valence-electron chi connectivity index (χ0n) is 22.0. The second kappa shape index (κ2) is 11.9. The van der Waals surface area contributed by atoms with Gasteiger partial charge in [-0.25, -0.2) is 8.78 Å². The van der Waals surface area contributed by atoms with E-state index in [9.17, 15) is 13.6 Å². The number of hydrogen-bond acceptors (Lipinski definition) is 6. The fourth-order valence-electron chi connectivity index (χ4n) is 4.86. The quantitative estimate of drug-likeness (QED) is 0.229. The number of hydrogen-bond donors (Lipinski definition) is 0. The number of amides is 1. The molecule has 1 amide bonds. The van der Waals surface area contributed by atoms with E-state index in [0.717, 1.165) is 16.8 Å². The van der Waals surface area contributed by atoms with Gasteiger partial charge in [-0.2, -0.15) is 0 Å². The molecule has 5 aromatic rings. The number of nitrogens with zero attached hydrogens (tertiary/aromatic N) is 6. The number of para-hydroxylation sites is 1. The number of rotatable bonds is 7. The van der Waals surface area contributed by atoms with Crippen LogP contribution in [-0.4, -0.2) is 56.7 Å². The molecule has 1 aliphatic heterocycles. The summed E-state index contributed by atoms with van der Waals surface area (Å²) in [7, 11) is 0. The SMILES string of the molecule is O=C(c1cccc(CSc2nnc(-c3ccncc3)n2-c2ccc(F)cc2)c1)N1CCN(c2ccccc2F)CC1. The molecule has 0 radical (unpaired) electrons. The van der Waals surface area contributed by atoms with Gasteiger partial charge in [0.2, 0.25) is 0 Å². The van der Waals surface area contributed by atoms with Crippen LogP contribution in [0.15, 0.2) is 102 Å². The van der Waals surface area contributed by atoms with Crippen molar-refractivity contribution in [1.82, 2.24) is 24.6 Å². The van der Waals surface area contributed by atoms with Gasteiger partial charge in [-0.3, -0.25) is 14.3 Å². The summed E-state index contributed by atoms with van der Waals surface area (Å²) in [6.07, 6.45) is 3.38. The summed E-state index contributed by atoms with van der Waals surface area (Å²) in [6, 6.07) is 24.2. The van der Waals surface area contributed by atoms with Crippen LogP contribution in [0.5, 0.6) is 0 Å². The predicted octanol–water partition coefficient (Wildman–Crippen LogP) is 5.86. The first-order chi connectivity index (χ1) is 20.1. The summed E-state index contributed by atoms with van der Waals surface area (Å²) >= 11 is 1.48. The molecule has 206 valence electrons. The van der Waals surface area contributed by atoms with Gasteiger partial charge in [0.25, 0.3) is 5.91 Å². The molecule has 0 spiro atoms. The van der Waals surface area contributed by atoms with Crippen LogP contribution in [0.2, 0.25) is 0 Å². The van der Waals surface area contributed by atoms with Gasteiger partial charge in [-0.1, -0.05) is 36.0 Å². The lowest BCUT2D eigenvalue weighted by Crippen LogP contribution is -2.49. The first-order valence-corrected chi connectivity index (χ1v) is 14.2. The van der Waals surface area contributed by atoms with Crippen LogP contribution in [0.4, 0.5) is 14.5 Å². The van der Waals surface area contributed by atoms with E-state index in [1.807, 2.05) is 56.8 Å². The Morgan fingerprint density at radius 1 is 0.829 bits per heavy atom. The summed E-state index contributed by atoms with van der Waals surface area (Å²) < 4.78 is 29.8. The lowest BCUT2D eigenvalue weighted by atomic mass is 10.1. The van der Waals surface area contributed by atoms with Crippen LogP contribution in [0.25, 0.3) is 17.1 Å². The Balaban J connectivity index is 1.17. The van der Waals surface area contributed by atoms with E-state index in [2.05, 4.69) is 15.2 Å². The lowest BCUT2D eigenvalue weighted by Gasteiger charge is -2.36. The van der Waals surface area contributed by atoms with Crippen molar-refractivity contribution in [2.45, 2.75) is 10.9 Å². The number of anilines is 1. The summed E-state index contributed by atoms with van der Waals surface area (Å²) in [6.45, 7) is 2.18. The molecule has 1 fully saturated rings. The maximum absolute atomic E-state index is 14.2. The van der Waals surface area contributed by atoms with Crippen molar-refractivity contribution in [2.75, 3.05) is 31.1 Å². The molecule has 10 heteroatoms. The van der Waals surface area contributed by atoms with E-state index in [0.29, 0.717) is 54.2 Å². The fourth-order valence-corrected chi connectivity index (χ4v) is 5.75. The number of carbonyl (C=O) groups is 1. The Labute approximate surface area is 240 Å². The van der Waals surface area contributed by atoms with Gasteiger partial charge in [0.15, 0.2) is 11.0 Å². The van der Waals surface area contributed by atoms with Crippen molar-refractivity contribution >= 4 is 23.4 Å². The van der Waals surface area contributed by atoms with Crippen molar-refractivity contribution in [3.05, 3.63) is 120 Å². The van der Waals surface area contributed by atoms with Crippen LogP contribution in [0.1, 0.15) is 15.9 Å². The summed E-state index contributed by atoms with van der Waals surface area (Å²) in [4.78, 5) is 21.2. The predicted molar refractivity (Wildman–Crippen MR) is 155 cm³/mol. The first kappa shape index (κ1) is 26.6. The Morgan fingerprint density at radius 3 is 2.34 bits per heavy atom. The van der Waals surface area contributed by atoms with Crippen LogP contribution < -0.4 is 4.90 Å². The number of aromatic nitrogens is 4. The second-order valence-electron chi connectivity index (χ2n) is 9.57. The van der Waals surface area contributed by atoms with Crippen molar-refractivity contribution in [3.63, 3.8) is 0 Å². The molecule has 0 unspecified atom stereocenters. The Hall–Kier alpha value is -4.57. The lowest BCUT2D eigenvalue weighted by molar-refractivity contribution is 0.0746. The number of pyridine rings is 1. The van der Waals surface area contributed by atoms with Gasteiger partial charge in [0.05, 0.1) is 5.69 Å². The monoisotopic (exact) mass is 568 g/mol. The van der Waals surface area contributed by atoms with E-state index >= 15 is 0 Å². The van der Waals surface area contributed by atoms with Gasteiger partial charge in [-0.15, -0.1) is 10.2 Å². The molecule has 2 aromatic heterocycles. The zero-order chi connectivity index (χ0) is 28.2. The van der Waals surface area contributed by atoms with E-state index < -0.39 is 0 Å². The number of piperazine rings is 1. The van der Waals surface area contributed by atoms with E-state index in [1.54, 1.807) is 36.7 Å². The largest absolute Gasteiger partial charge is 0.366 e. The number of thioether (sulfide) groups is 1. The molecular formula is C31H26F2N6OS. The highest BCUT2D eigenvalue weighted by atomic mass is 32.2. The summed E-state index contributed by atoms with van der Waals surface area (Å²) in [5.41, 5.74) is 3.72. The number of carbonyl (C=O) groups excluding carboxylic acids is 1. The highest BCUT2D eigenvalue weighted by Crippen LogP contribution is 2.30. The molecule has 1 saturated heterocycles. The average Bonchev–Trinajstić information content (AvgIpc) is 3.45. The standard InChI is InChI=1S/C31H26F2N6OS/c32-25-8-10-26(11-9-25)39-29(23-12-14-34-15-13-23)35-36-31(39)41-21-22-4-3-5-24(20-22)30(40)38-18-16-37(17-19-38)28-7-2-1-6-27(28)33/h1-15,20H,16-19,21H2. The molecule has 0 saturated carbocycles. The third-order valence-electron chi connectivity index (χ3n) is 6.96. The van der Waals surface area contributed by atoms with Gasteiger partial charge < -0.3 is 9.80 Å². The van der Waals surface area contributed by atoms with Crippen molar-refractivity contribution in [2.24, 2.45) is 0 Å². The Kier molecular flexibility index (Phi) is 7.73. The van der Waals surface area contributed by atoms with Gasteiger partial charge in [0, 0.05) is 61.1 Å². The van der Waals surface area contributed by atoms with Crippen molar-refractivity contribution in [3.8, 4) is 17.1 Å². The highest BCUT2D eigenvalue weighted by Gasteiger charge is 2.24. The third-order valence-corrected chi connectivity index (χ3v) is 7.96. The van der Waals surface area contributed by atoms with Crippen molar-refractivity contribution < 1.29 is 13.6 Å². The Bertz CT molecular complexity index is 1650. The maximum atomic E-state index is 14.2. The van der Waals surface area contributed by atoms with E-state index in [-0.39, 0.29) is 17.5 Å². The topological polar surface area (TPSA) is 67.2 Å². The molecule has 0 aliphatic carbocycles. The zero-order valence-corrected chi connectivity index (χ0v) is 22.8. The molecule has 1 aliphatic rings. The van der Waals surface area contributed by atoms with Crippen LogP contribution >= 0.6 is 11.8 Å². The number of halogens is 2. The average molecular weight is 569 g/mol. The summed E-state index contributed by atoms with van der Waals surface area (Å²) in [5, 5.41) is 9.49. The molecule has 3 heterocycles. The second-order valence-corrected chi connectivity index (χ2v) is 10.5. The van der Waals surface area contributed by atoms with Crippen LogP contribution in [-0.2, 0) is 5.75 Å². The van der Waals surface area contributed by atoms with Gasteiger partial charge in [-0.05, 0) is 66.2 Å². The number of benzene rings is 3. The smallest absolute Gasteiger partial charge is 0.253 e. The minimum absolute atomic E-state index is 0.0421. The minimum atomic E-state index is -0.323. The normalized spacial score (nSPS) is 13.4. The van der Waals surface area contributed by atoms with Crippen molar-refractivity contribution in [1.29, 1.82) is 0 Å². The molecule has 0 bridgehead atoms. The van der Waals surface area contributed by atoms with Gasteiger partial charge in [0.1, 0.15) is 11.6 Å². The van der Waals surface area contributed by atoms with E-state index in [4.69, 9.17) is 0 Å². The molecule has 0 atom stereocenters.